The van der Waals surface area contributed by atoms with E-state index in [1.165, 1.54) is 6.33 Å². The number of carbonyl (C=O) groups is 1. The van der Waals surface area contributed by atoms with E-state index in [-0.39, 0.29) is 5.91 Å². The third-order valence-electron chi connectivity index (χ3n) is 5.73. The average molecular weight is 447 g/mol. The molecule has 2 aromatic heterocycles. The van der Waals surface area contributed by atoms with Gasteiger partial charge in [-0.1, -0.05) is 35.3 Å². The predicted octanol–water partition coefficient (Wildman–Crippen LogP) is 3.32. The van der Waals surface area contributed by atoms with Crippen LogP contribution in [-0.2, 0) is 17.8 Å². The van der Waals surface area contributed by atoms with Gasteiger partial charge in [0, 0.05) is 50.5 Å². The summed E-state index contributed by atoms with van der Waals surface area (Å²) in [5, 5.41) is 5.40. The average Bonchev–Trinajstić information content (AvgIpc) is 3.20. The first kappa shape index (κ1) is 21.0. The lowest BCUT2D eigenvalue weighted by Gasteiger charge is -2.35. The molecule has 9 heteroatoms. The summed E-state index contributed by atoms with van der Waals surface area (Å²) in [4.78, 5) is 25.7. The van der Waals surface area contributed by atoms with E-state index < -0.39 is 0 Å². The highest BCUT2D eigenvalue weighted by Crippen LogP contribution is 2.26. The van der Waals surface area contributed by atoms with E-state index in [9.17, 15) is 4.79 Å². The summed E-state index contributed by atoms with van der Waals surface area (Å²) in [6.07, 6.45) is 2.61. The molecule has 0 aliphatic carbocycles. The summed E-state index contributed by atoms with van der Waals surface area (Å²) in [5.41, 5.74) is 3.98. The molecule has 0 unspecified atom stereocenters. The SMILES string of the molecule is Cc1nc2ncnn2c(C)c1CCC(=O)N1CCN(Cc2cccc(Cl)c2Cl)CC1. The Balaban J connectivity index is 1.32. The van der Waals surface area contributed by atoms with Crippen molar-refractivity contribution in [1.82, 2.24) is 29.4 Å². The normalized spacial score (nSPS) is 15.1. The number of amides is 1. The summed E-state index contributed by atoms with van der Waals surface area (Å²) < 4.78 is 1.73. The zero-order valence-corrected chi connectivity index (χ0v) is 18.6. The third kappa shape index (κ3) is 4.29. The van der Waals surface area contributed by atoms with E-state index in [2.05, 4.69) is 20.0 Å². The quantitative estimate of drug-likeness (QED) is 0.601. The molecule has 1 aliphatic heterocycles. The van der Waals surface area contributed by atoms with Crippen molar-refractivity contribution < 1.29 is 4.79 Å². The van der Waals surface area contributed by atoms with Crippen LogP contribution in [0, 0.1) is 13.8 Å². The van der Waals surface area contributed by atoms with Crippen molar-refractivity contribution in [2.75, 3.05) is 26.2 Å². The number of benzene rings is 1. The second kappa shape index (κ2) is 8.88. The van der Waals surface area contributed by atoms with Crippen molar-refractivity contribution in [3.05, 3.63) is 57.1 Å². The first-order valence-corrected chi connectivity index (χ1v) is 10.8. The van der Waals surface area contributed by atoms with Crippen molar-refractivity contribution in [2.24, 2.45) is 0 Å². The van der Waals surface area contributed by atoms with Crippen LogP contribution in [0.5, 0.6) is 0 Å². The molecule has 0 atom stereocenters. The molecule has 3 aromatic rings. The molecule has 1 aliphatic rings. The second-order valence-electron chi connectivity index (χ2n) is 7.60. The van der Waals surface area contributed by atoms with Crippen molar-refractivity contribution in [1.29, 1.82) is 0 Å². The smallest absolute Gasteiger partial charge is 0.252 e. The summed E-state index contributed by atoms with van der Waals surface area (Å²) in [6.45, 7) is 7.77. The van der Waals surface area contributed by atoms with Gasteiger partial charge in [0.1, 0.15) is 6.33 Å². The molecule has 1 amide bonds. The molecule has 7 nitrogen and oxygen atoms in total. The number of hydrogen-bond donors (Lipinski definition) is 0. The van der Waals surface area contributed by atoms with E-state index in [0.717, 1.165) is 55.2 Å². The van der Waals surface area contributed by atoms with E-state index >= 15 is 0 Å². The summed E-state index contributed by atoms with van der Waals surface area (Å²) >= 11 is 12.4. The molecule has 3 heterocycles. The minimum absolute atomic E-state index is 0.174. The monoisotopic (exact) mass is 446 g/mol. The van der Waals surface area contributed by atoms with Gasteiger partial charge in [-0.3, -0.25) is 9.69 Å². The van der Waals surface area contributed by atoms with E-state index in [0.29, 0.717) is 28.7 Å². The highest BCUT2D eigenvalue weighted by atomic mass is 35.5. The summed E-state index contributed by atoms with van der Waals surface area (Å²) in [7, 11) is 0. The zero-order valence-electron chi connectivity index (χ0n) is 17.1. The number of hydrogen-bond acceptors (Lipinski definition) is 5. The maximum absolute atomic E-state index is 12.8. The number of halogens is 2. The maximum atomic E-state index is 12.8. The Labute approximate surface area is 185 Å². The van der Waals surface area contributed by atoms with Gasteiger partial charge in [0.05, 0.1) is 10.0 Å². The fraction of sp³-hybridized carbons (Fsp3) is 0.429. The Kier molecular flexibility index (Phi) is 6.22. The molecule has 0 saturated carbocycles. The van der Waals surface area contributed by atoms with Gasteiger partial charge in [-0.05, 0) is 37.5 Å². The Morgan fingerprint density at radius 2 is 1.90 bits per heavy atom. The van der Waals surface area contributed by atoms with E-state index in [4.69, 9.17) is 23.2 Å². The van der Waals surface area contributed by atoms with E-state index in [1.807, 2.05) is 30.9 Å². The number of aromatic nitrogens is 4. The van der Waals surface area contributed by atoms with Crippen LogP contribution in [0.25, 0.3) is 5.78 Å². The highest BCUT2D eigenvalue weighted by Gasteiger charge is 2.22. The fourth-order valence-electron chi connectivity index (χ4n) is 3.97. The molecular formula is C21H24Cl2N6O. The number of nitrogens with zero attached hydrogens (tertiary/aromatic N) is 6. The van der Waals surface area contributed by atoms with Crippen LogP contribution in [0.15, 0.2) is 24.5 Å². The predicted molar refractivity (Wildman–Crippen MR) is 117 cm³/mol. The molecular weight excluding hydrogens is 423 g/mol. The van der Waals surface area contributed by atoms with Crippen LogP contribution in [-0.4, -0.2) is 61.5 Å². The minimum Gasteiger partial charge on any atom is -0.340 e. The van der Waals surface area contributed by atoms with Gasteiger partial charge in [-0.2, -0.15) is 10.1 Å². The molecule has 0 radical (unpaired) electrons. The zero-order chi connectivity index (χ0) is 21.3. The lowest BCUT2D eigenvalue weighted by Crippen LogP contribution is -2.48. The Hall–Kier alpha value is -2.22. The van der Waals surface area contributed by atoms with Gasteiger partial charge in [-0.25, -0.2) is 9.50 Å². The van der Waals surface area contributed by atoms with Crippen molar-refractivity contribution in [2.45, 2.75) is 33.2 Å². The number of fused-ring (bicyclic) bond motifs is 1. The molecule has 4 rings (SSSR count). The minimum atomic E-state index is 0.174. The Morgan fingerprint density at radius 1 is 1.13 bits per heavy atom. The van der Waals surface area contributed by atoms with Crippen molar-refractivity contribution >= 4 is 34.9 Å². The molecule has 1 fully saturated rings. The third-order valence-corrected chi connectivity index (χ3v) is 6.59. The highest BCUT2D eigenvalue weighted by molar-refractivity contribution is 6.42. The molecule has 0 N–H and O–H groups in total. The number of rotatable bonds is 5. The number of piperazine rings is 1. The second-order valence-corrected chi connectivity index (χ2v) is 8.39. The lowest BCUT2D eigenvalue weighted by atomic mass is 10.1. The summed E-state index contributed by atoms with van der Waals surface area (Å²) in [6, 6.07) is 5.71. The van der Waals surface area contributed by atoms with Gasteiger partial charge in [0.2, 0.25) is 5.91 Å². The Bertz CT molecular complexity index is 1070. The van der Waals surface area contributed by atoms with Gasteiger partial charge < -0.3 is 4.90 Å². The number of aryl methyl sites for hydroxylation is 2. The van der Waals surface area contributed by atoms with E-state index in [1.54, 1.807) is 10.6 Å². The van der Waals surface area contributed by atoms with Crippen LogP contribution < -0.4 is 0 Å². The molecule has 0 spiro atoms. The first-order chi connectivity index (χ1) is 14.4. The fourth-order valence-corrected chi connectivity index (χ4v) is 4.35. The van der Waals surface area contributed by atoms with Crippen LogP contribution in [0.1, 0.15) is 28.9 Å². The molecule has 30 heavy (non-hydrogen) atoms. The standard InChI is InChI=1S/C21H24Cl2N6O/c1-14-17(15(2)29-21(26-14)24-13-25-29)6-7-19(30)28-10-8-27(9-11-28)12-16-4-3-5-18(22)20(16)23/h3-5,13H,6-12H2,1-2H3. The van der Waals surface area contributed by atoms with Crippen molar-refractivity contribution in [3.8, 4) is 0 Å². The van der Waals surface area contributed by atoms with Crippen LogP contribution >= 0.6 is 23.2 Å². The molecule has 1 saturated heterocycles. The number of carbonyl (C=O) groups excluding carboxylic acids is 1. The van der Waals surface area contributed by atoms with Crippen molar-refractivity contribution in [3.63, 3.8) is 0 Å². The maximum Gasteiger partial charge on any atom is 0.252 e. The van der Waals surface area contributed by atoms with Crippen LogP contribution in [0.4, 0.5) is 0 Å². The first-order valence-electron chi connectivity index (χ1n) is 10.0. The summed E-state index contributed by atoms with van der Waals surface area (Å²) in [5.74, 6) is 0.768. The van der Waals surface area contributed by atoms with Gasteiger partial charge in [-0.15, -0.1) is 0 Å². The molecule has 1 aromatic carbocycles. The van der Waals surface area contributed by atoms with Gasteiger partial charge in [0.15, 0.2) is 0 Å². The van der Waals surface area contributed by atoms with Gasteiger partial charge in [0.25, 0.3) is 5.78 Å². The topological polar surface area (TPSA) is 66.6 Å². The molecule has 158 valence electrons. The largest absolute Gasteiger partial charge is 0.340 e. The molecule has 0 bridgehead atoms. The Morgan fingerprint density at radius 3 is 2.67 bits per heavy atom. The van der Waals surface area contributed by atoms with Crippen LogP contribution in [0.3, 0.4) is 0 Å². The lowest BCUT2D eigenvalue weighted by molar-refractivity contribution is -0.133. The van der Waals surface area contributed by atoms with Crippen LogP contribution in [0.2, 0.25) is 10.0 Å². The van der Waals surface area contributed by atoms with Gasteiger partial charge >= 0.3 is 0 Å².